The Kier molecular flexibility index (Phi) is 6.80. The number of hydrogen-bond acceptors (Lipinski definition) is 4. The number of amides is 1. The maximum Gasteiger partial charge on any atom is 0.269 e. The number of carbonyl (C=O) groups is 1. The number of likely N-dealkylation sites (tertiary alicyclic amines) is 1. The number of benzene rings is 1. The monoisotopic (exact) mass is 356 g/mol. The summed E-state index contributed by atoms with van der Waals surface area (Å²) in [5.74, 6) is -0.147. The summed E-state index contributed by atoms with van der Waals surface area (Å²) >= 11 is 0. The lowest BCUT2D eigenvalue weighted by atomic mass is 10.0. The second-order valence-electron chi connectivity index (χ2n) is 6.75. The number of aliphatic hydroxyl groups excluding tert-OH is 1. The van der Waals surface area contributed by atoms with E-state index in [1.54, 1.807) is 16.9 Å². The molecule has 140 valence electrons. The molecule has 1 atom stereocenters. The van der Waals surface area contributed by atoms with E-state index in [-0.39, 0.29) is 18.6 Å². The highest BCUT2D eigenvalue weighted by Crippen LogP contribution is 2.23. The molecule has 26 heavy (non-hydrogen) atoms. The van der Waals surface area contributed by atoms with E-state index >= 15 is 0 Å². The van der Waals surface area contributed by atoms with Crippen LogP contribution < -0.4 is 5.32 Å². The zero-order chi connectivity index (χ0) is 18.2. The van der Waals surface area contributed by atoms with Crippen LogP contribution in [-0.2, 0) is 6.54 Å². The minimum atomic E-state index is -0.147. The Labute approximate surface area is 154 Å². The third-order valence-electron chi connectivity index (χ3n) is 4.98. The van der Waals surface area contributed by atoms with Crippen LogP contribution in [0.25, 0.3) is 0 Å². The summed E-state index contributed by atoms with van der Waals surface area (Å²) in [6.07, 6.45) is 6.57. The Morgan fingerprint density at radius 1 is 1.12 bits per heavy atom. The van der Waals surface area contributed by atoms with Gasteiger partial charge < -0.3 is 10.4 Å². The molecule has 1 aliphatic heterocycles. The number of carbonyl (C=O) groups excluding carboxylic acids is 1. The fraction of sp³-hybridized carbons (Fsp3) is 0.500. The summed E-state index contributed by atoms with van der Waals surface area (Å²) in [6, 6.07) is 12.3. The van der Waals surface area contributed by atoms with E-state index in [1.807, 2.05) is 6.07 Å². The summed E-state index contributed by atoms with van der Waals surface area (Å²) in [5, 5.41) is 16.3. The summed E-state index contributed by atoms with van der Waals surface area (Å²) in [5.41, 5.74) is 1.72. The van der Waals surface area contributed by atoms with Crippen LogP contribution in [0.3, 0.4) is 0 Å². The van der Waals surface area contributed by atoms with E-state index in [0.29, 0.717) is 18.8 Å². The van der Waals surface area contributed by atoms with Gasteiger partial charge >= 0.3 is 0 Å². The predicted molar refractivity (Wildman–Crippen MR) is 101 cm³/mol. The molecule has 1 aromatic heterocycles. The third kappa shape index (κ3) is 4.71. The van der Waals surface area contributed by atoms with Crippen LogP contribution in [0, 0.1) is 0 Å². The van der Waals surface area contributed by atoms with E-state index in [4.69, 9.17) is 5.11 Å². The highest BCUT2D eigenvalue weighted by molar-refractivity contribution is 5.92. The lowest BCUT2D eigenvalue weighted by molar-refractivity contribution is 0.0921. The minimum Gasteiger partial charge on any atom is -0.394 e. The summed E-state index contributed by atoms with van der Waals surface area (Å²) in [4.78, 5) is 15.1. The number of aromatic nitrogens is 2. The van der Waals surface area contributed by atoms with Crippen molar-refractivity contribution >= 4 is 5.91 Å². The van der Waals surface area contributed by atoms with Gasteiger partial charge in [-0.3, -0.25) is 14.4 Å². The van der Waals surface area contributed by atoms with Crippen molar-refractivity contribution in [3.63, 3.8) is 0 Å². The highest BCUT2D eigenvalue weighted by Gasteiger charge is 2.23. The lowest BCUT2D eigenvalue weighted by Crippen LogP contribution is -2.39. The van der Waals surface area contributed by atoms with Crippen LogP contribution in [-0.4, -0.2) is 51.9 Å². The first-order valence-corrected chi connectivity index (χ1v) is 9.49. The number of nitrogens with zero attached hydrogens (tertiary/aromatic N) is 3. The Bertz CT molecular complexity index is 678. The van der Waals surface area contributed by atoms with Crippen LogP contribution in [0.1, 0.15) is 47.8 Å². The predicted octanol–water partition coefficient (Wildman–Crippen LogP) is 2.22. The molecule has 2 N–H and O–H groups in total. The maximum atomic E-state index is 12.6. The average molecular weight is 356 g/mol. The molecule has 0 unspecified atom stereocenters. The molecular formula is C20H28N4O2. The van der Waals surface area contributed by atoms with Crippen molar-refractivity contribution in [2.24, 2.45) is 0 Å². The van der Waals surface area contributed by atoms with Crippen molar-refractivity contribution in [2.75, 3.05) is 26.2 Å². The zero-order valence-electron chi connectivity index (χ0n) is 15.2. The van der Waals surface area contributed by atoms with Gasteiger partial charge in [-0.1, -0.05) is 43.2 Å². The van der Waals surface area contributed by atoms with E-state index in [0.717, 1.165) is 13.1 Å². The van der Waals surface area contributed by atoms with Crippen molar-refractivity contribution in [2.45, 2.75) is 38.3 Å². The highest BCUT2D eigenvalue weighted by atomic mass is 16.3. The first kappa shape index (κ1) is 18.6. The Hall–Kier alpha value is -2.18. The fourth-order valence-corrected chi connectivity index (χ4v) is 3.62. The molecule has 1 fully saturated rings. The Balaban J connectivity index is 1.71. The standard InChI is InChI=1S/C20H28N4O2/c25-15-14-24-18(10-11-22-24)20(26)21-16-19(17-8-4-3-5-9-17)23-12-6-1-2-7-13-23/h3-5,8-11,19,25H,1-2,6-7,12-16H2,(H,21,26)/t19-/m0/s1. The van der Waals surface area contributed by atoms with Gasteiger partial charge in [0.15, 0.2) is 0 Å². The zero-order valence-corrected chi connectivity index (χ0v) is 15.2. The van der Waals surface area contributed by atoms with Gasteiger partial charge in [-0.25, -0.2) is 0 Å². The van der Waals surface area contributed by atoms with E-state index in [1.165, 1.54) is 31.2 Å². The number of nitrogens with one attached hydrogen (secondary N) is 1. The molecule has 1 amide bonds. The van der Waals surface area contributed by atoms with Gasteiger partial charge in [0, 0.05) is 12.7 Å². The topological polar surface area (TPSA) is 70.4 Å². The molecule has 1 saturated heterocycles. The first-order valence-electron chi connectivity index (χ1n) is 9.49. The molecule has 2 heterocycles. The van der Waals surface area contributed by atoms with Gasteiger partial charge in [0.1, 0.15) is 5.69 Å². The SMILES string of the molecule is O=C(NC[C@@H](c1ccccc1)N1CCCCCC1)c1ccnn1CCO. The molecule has 1 aromatic carbocycles. The molecule has 1 aliphatic rings. The fourth-order valence-electron chi connectivity index (χ4n) is 3.62. The Morgan fingerprint density at radius 2 is 1.85 bits per heavy atom. The second kappa shape index (κ2) is 9.50. The minimum absolute atomic E-state index is 0.0393. The van der Waals surface area contributed by atoms with Crippen molar-refractivity contribution < 1.29 is 9.90 Å². The lowest BCUT2D eigenvalue weighted by Gasteiger charge is -2.31. The summed E-state index contributed by atoms with van der Waals surface area (Å²) in [7, 11) is 0. The molecule has 3 rings (SSSR count). The maximum absolute atomic E-state index is 12.6. The second-order valence-corrected chi connectivity index (χ2v) is 6.75. The van der Waals surface area contributed by atoms with Gasteiger partial charge in [-0.05, 0) is 37.6 Å². The van der Waals surface area contributed by atoms with Crippen molar-refractivity contribution in [3.05, 3.63) is 53.9 Å². The largest absolute Gasteiger partial charge is 0.394 e. The van der Waals surface area contributed by atoms with Crippen LogP contribution in [0.4, 0.5) is 0 Å². The smallest absolute Gasteiger partial charge is 0.269 e. The van der Waals surface area contributed by atoms with Crippen molar-refractivity contribution in [1.29, 1.82) is 0 Å². The van der Waals surface area contributed by atoms with E-state index < -0.39 is 0 Å². The quantitative estimate of drug-likeness (QED) is 0.798. The normalized spacial score (nSPS) is 16.8. The molecule has 6 heteroatoms. The molecule has 0 aliphatic carbocycles. The number of rotatable bonds is 7. The molecule has 0 bridgehead atoms. The van der Waals surface area contributed by atoms with Crippen LogP contribution in [0.2, 0.25) is 0 Å². The van der Waals surface area contributed by atoms with Gasteiger partial charge in [0.2, 0.25) is 0 Å². The van der Waals surface area contributed by atoms with E-state index in [2.05, 4.69) is 39.6 Å². The number of aliphatic hydroxyl groups is 1. The van der Waals surface area contributed by atoms with Crippen molar-refractivity contribution in [3.8, 4) is 0 Å². The number of hydrogen-bond donors (Lipinski definition) is 2. The van der Waals surface area contributed by atoms with E-state index in [9.17, 15) is 4.79 Å². The first-order chi connectivity index (χ1) is 12.8. The third-order valence-corrected chi connectivity index (χ3v) is 4.98. The molecule has 0 radical (unpaired) electrons. The van der Waals surface area contributed by atoms with Gasteiger partial charge in [0.25, 0.3) is 5.91 Å². The molecule has 0 saturated carbocycles. The van der Waals surface area contributed by atoms with Crippen LogP contribution in [0.15, 0.2) is 42.6 Å². The van der Waals surface area contributed by atoms with Gasteiger partial charge in [-0.15, -0.1) is 0 Å². The van der Waals surface area contributed by atoms with Gasteiger partial charge in [-0.2, -0.15) is 5.10 Å². The summed E-state index contributed by atoms with van der Waals surface area (Å²) in [6.45, 7) is 2.98. The van der Waals surface area contributed by atoms with Gasteiger partial charge in [0.05, 0.1) is 19.2 Å². The van der Waals surface area contributed by atoms with Crippen LogP contribution in [0.5, 0.6) is 0 Å². The molecular weight excluding hydrogens is 328 g/mol. The van der Waals surface area contributed by atoms with Crippen molar-refractivity contribution in [1.82, 2.24) is 20.0 Å². The molecule has 2 aromatic rings. The average Bonchev–Trinajstić information content (AvgIpc) is 2.97. The summed E-state index contributed by atoms with van der Waals surface area (Å²) < 4.78 is 1.54. The Morgan fingerprint density at radius 3 is 2.54 bits per heavy atom. The molecule has 0 spiro atoms. The molecule has 6 nitrogen and oxygen atoms in total. The van der Waals surface area contributed by atoms with Crippen LogP contribution >= 0.6 is 0 Å².